The van der Waals surface area contributed by atoms with Gasteiger partial charge in [0.15, 0.2) is 0 Å². The van der Waals surface area contributed by atoms with E-state index in [0.29, 0.717) is 12.9 Å². The molecule has 0 amide bonds. The fourth-order valence-corrected chi connectivity index (χ4v) is 3.02. The fraction of sp³-hybridized carbons (Fsp3) is 0.818. The normalized spacial score (nSPS) is 11.3. The van der Waals surface area contributed by atoms with Crippen LogP contribution in [0, 0.1) is 6.57 Å². The zero-order valence-electron chi connectivity index (χ0n) is 16.8. The van der Waals surface area contributed by atoms with Crippen molar-refractivity contribution in [3.05, 3.63) is 23.4 Å². The highest BCUT2D eigenvalue weighted by atomic mass is 16.5. The third kappa shape index (κ3) is 16.0. The van der Waals surface area contributed by atoms with Crippen molar-refractivity contribution >= 4 is 5.97 Å². The topological polar surface area (TPSA) is 50.9 Å². The summed E-state index contributed by atoms with van der Waals surface area (Å²) < 4.78 is 4.92. The molecule has 0 aromatic carbocycles. The van der Waals surface area contributed by atoms with Gasteiger partial charge in [0, 0.05) is 0 Å². The van der Waals surface area contributed by atoms with E-state index in [2.05, 4.69) is 11.8 Å². The molecule has 0 aliphatic rings. The minimum absolute atomic E-state index is 0.324. The van der Waals surface area contributed by atoms with Crippen LogP contribution < -0.4 is 0 Å². The van der Waals surface area contributed by atoms with Gasteiger partial charge < -0.3 is 9.84 Å². The Morgan fingerprint density at radius 1 is 0.808 bits per heavy atom. The largest absolute Gasteiger partial charge is 0.526 e. The van der Waals surface area contributed by atoms with Crippen LogP contribution >= 0.6 is 0 Å². The Morgan fingerprint density at radius 3 is 1.54 bits per heavy atom. The lowest BCUT2D eigenvalue weighted by Gasteiger charge is -2.04. The summed E-state index contributed by atoms with van der Waals surface area (Å²) in [6.45, 7) is 9.28. The van der Waals surface area contributed by atoms with E-state index < -0.39 is 5.97 Å². The van der Waals surface area contributed by atoms with Gasteiger partial charge in [0.05, 0.1) is 19.4 Å². The van der Waals surface area contributed by atoms with Gasteiger partial charge in [-0.05, 0) is 6.42 Å². The number of ether oxygens (including phenoxy) is 1. The Morgan fingerprint density at radius 2 is 1.19 bits per heavy atom. The van der Waals surface area contributed by atoms with Gasteiger partial charge >= 0.3 is 11.7 Å². The third-order valence-corrected chi connectivity index (χ3v) is 4.68. The molecule has 0 radical (unpaired) electrons. The van der Waals surface area contributed by atoms with E-state index in [4.69, 9.17) is 16.4 Å². The van der Waals surface area contributed by atoms with E-state index in [-0.39, 0.29) is 5.70 Å². The van der Waals surface area contributed by atoms with Crippen LogP contribution in [0.1, 0.15) is 110 Å². The molecule has 0 heterocycles. The molecule has 26 heavy (non-hydrogen) atoms. The lowest BCUT2D eigenvalue weighted by molar-refractivity contribution is -0.138. The van der Waals surface area contributed by atoms with Gasteiger partial charge in [0.25, 0.3) is 0 Å². The van der Waals surface area contributed by atoms with Crippen molar-refractivity contribution in [2.45, 2.75) is 110 Å². The first-order valence-electron chi connectivity index (χ1n) is 10.6. The van der Waals surface area contributed by atoms with Gasteiger partial charge in [-0.15, -0.1) is 0 Å². The third-order valence-electron chi connectivity index (χ3n) is 4.68. The summed E-state index contributed by atoms with van der Waals surface area (Å²) in [6.07, 6.45) is 21.4. The first-order valence-corrected chi connectivity index (χ1v) is 10.6. The van der Waals surface area contributed by atoms with Crippen molar-refractivity contribution in [2.24, 2.45) is 0 Å². The summed E-state index contributed by atoms with van der Waals surface area (Å²) in [6, 6.07) is 0. The predicted octanol–water partition coefficient (Wildman–Crippen LogP) is 7.11. The first kappa shape index (κ1) is 24.5. The van der Waals surface area contributed by atoms with Crippen molar-refractivity contribution < 1.29 is 14.6 Å². The Kier molecular flexibility index (Phi) is 18.7. The van der Waals surface area contributed by atoms with Crippen LogP contribution in [0.2, 0.25) is 0 Å². The molecule has 0 atom stereocenters. The Labute approximate surface area is 160 Å². The SMILES string of the molecule is [C-]#[N+]/C(=C/O)C(=O)OCCCCCCCCCCCCCCCCCC. The molecular weight excluding hydrogens is 326 g/mol. The number of hydrogen-bond donors (Lipinski definition) is 1. The lowest BCUT2D eigenvalue weighted by Crippen LogP contribution is -2.07. The van der Waals surface area contributed by atoms with Gasteiger partial charge in [0.2, 0.25) is 0 Å². The minimum atomic E-state index is -0.733. The maximum atomic E-state index is 11.3. The second-order valence-corrected chi connectivity index (χ2v) is 7.07. The molecule has 0 rings (SSSR count). The molecule has 150 valence electrons. The quantitative estimate of drug-likeness (QED) is 0.0925. The van der Waals surface area contributed by atoms with Crippen LogP contribution in [0.4, 0.5) is 0 Å². The number of hydrogen-bond acceptors (Lipinski definition) is 3. The number of aliphatic hydroxyl groups is 1. The number of carbonyl (C=O) groups is 1. The van der Waals surface area contributed by atoms with E-state index in [1.54, 1.807) is 0 Å². The molecule has 0 aliphatic carbocycles. The second kappa shape index (κ2) is 19.8. The number of unbranched alkanes of at least 4 members (excludes halogenated alkanes) is 15. The van der Waals surface area contributed by atoms with Crippen molar-refractivity contribution in [2.75, 3.05) is 6.61 Å². The molecule has 0 aliphatic heterocycles. The van der Waals surface area contributed by atoms with Gasteiger partial charge in [0.1, 0.15) is 0 Å². The molecule has 4 heteroatoms. The molecule has 1 N–H and O–H groups in total. The Hall–Kier alpha value is -1.50. The van der Waals surface area contributed by atoms with E-state index in [0.717, 1.165) is 12.8 Å². The maximum absolute atomic E-state index is 11.3. The van der Waals surface area contributed by atoms with E-state index in [1.165, 1.54) is 89.9 Å². The van der Waals surface area contributed by atoms with Crippen LogP contribution in [0.3, 0.4) is 0 Å². The molecule has 0 unspecified atom stereocenters. The molecule has 0 bridgehead atoms. The van der Waals surface area contributed by atoms with E-state index >= 15 is 0 Å². The molecule has 0 fully saturated rings. The van der Waals surface area contributed by atoms with Crippen LogP contribution in [0.25, 0.3) is 4.85 Å². The van der Waals surface area contributed by atoms with Gasteiger partial charge in [-0.3, -0.25) is 4.79 Å². The zero-order valence-corrected chi connectivity index (χ0v) is 16.8. The van der Waals surface area contributed by atoms with Crippen molar-refractivity contribution in [3.63, 3.8) is 0 Å². The highest BCUT2D eigenvalue weighted by molar-refractivity contribution is 5.89. The molecule has 0 aromatic rings. The number of esters is 1. The van der Waals surface area contributed by atoms with Crippen LogP contribution in [-0.4, -0.2) is 17.7 Å². The zero-order chi connectivity index (χ0) is 19.3. The van der Waals surface area contributed by atoms with Gasteiger partial charge in [-0.25, -0.2) is 4.85 Å². The summed E-state index contributed by atoms with van der Waals surface area (Å²) in [5, 5.41) is 8.66. The van der Waals surface area contributed by atoms with Crippen molar-refractivity contribution in [1.29, 1.82) is 0 Å². The fourth-order valence-electron chi connectivity index (χ4n) is 3.02. The van der Waals surface area contributed by atoms with Crippen molar-refractivity contribution in [3.8, 4) is 0 Å². The summed E-state index contributed by atoms with van der Waals surface area (Å²) >= 11 is 0. The summed E-state index contributed by atoms with van der Waals surface area (Å²) in [7, 11) is 0. The van der Waals surface area contributed by atoms with Crippen molar-refractivity contribution in [1.82, 2.24) is 0 Å². The minimum Gasteiger partial charge on any atom is -0.526 e. The van der Waals surface area contributed by atoms with Crippen LogP contribution in [0.15, 0.2) is 12.0 Å². The summed E-state index contributed by atoms with van der Waals surface area (Å²) in [4.78, 5) is 14.2. The monoisotopic (exact) mass is 365 g/mol. The average molecular weight is 366 g/mol. The Balaban J connectivity index is 3.18. The second-order valence-electron chi connectivity index (χ2n) is 7.07. The summed E-state index contributed by atoms with van der Waals surface area (Å²) in [5.41, 5.74) is -0.360. The van der Waals surface area contributed by atoms with E-state index in [9.17, 15) is 4.79 Å². The predicted molar refractivity (Wildman–Crippen MR) is 108 cm³/mol. The molecule has 0 saturated heterocycles. The number of aliphatic hydroxyl groups excluding tert-OH is 1. The first-order chi connectivity index (χ1) is 12.8. The van der Waals surface area contributed by atoms with E-state index in [1.807, 2.05) is 0 Å². The average Bonchev–Trinajstić information content (AvgIpc) is 2.65. The lowest BCUT2D eigenvalue weighted by atomic mass is 10.0. The Bertz CT molecular complexity index is 399. The van der Waals surface area contributed by atoms with Gasteiger partial charge in [-0.2, -0.15) is 0 Å². The highest BCUT2D eigenvalue weighted by Gasteiger charge is 2.10. The highest BCUT2D eigenvalue weighted by Crippen LogP contribution is 2.13. The maximum Gasteiger partial charge on any atom is 0.339 e. The number of carbonyl (C=O) groups excluding carboxylic acids is 1. The molecular formula is C22H39NO3. The number of nitrogens with zero attached hydrogens (tertiary/aromatic N) is 1. The van der Waals surface area contributed by atoms with Gasteiger partial charge in [-0.1, -0.05) is 103 Å². The summed E-state index contributed by atoms with van der Waals surface area (Å²) in [5.74, 6) is -0.733. The molecule has 4 nitrogen and oxygen atoms in total. The standard InChI is InChI=1S/C22H39NO3/c1-3-4-5-6-7-8-9-10-11-12-13-14-15-16-17-18-19-26-22(25)21(20-24)23-2/h20,24H,3-19H2,1H3/b21-20+. The molecule has 0 saturated carbocycles. The molecule has 0 aromatic heterocycles. The number of rotatable bonds is 18. The smallest absolute Gasteiger partial charge is 0.339 e. The van der Waals surface area contributed by atoms with Crippen LogP contribution in [-0.2, 0) is 9.53 Å². The van der Waals surface area contributed by atoms with Crippen LogP contribution in [0.5, 0.6) is 0 Å². The molecule has 0 spiro atoms.